The quantitative estimate of drug-likeness (QED) is 0.610. The third kappa shape index (κ3) is 4.55. The van der Waals surface area contributed by atoms with E-state index in [0.29, 0.717) is 16.8 Å². The fraction of sp³-hybridized carbons (Fsp3) is 0.278. The van der Waals surface area contributed by atoms with Gasteiger partial charge in [-0.15, -0.1) is 0 Å². The van der Waals surface area contributed by atoms with Gasteiger partial charge in [-0.25, -0.2) is 4.79 Å². The number of carbonyl (C=O) groups excluding carboxylic acids is 3. The van der Waals surface area contributed by atoms with Crippen molar-refractivity contribution in [1.29, 1.82) is 0 Å². The largest absolute Gasteiger partial charge is 0.451 e. The lowest BCUT2D eigenvalue weighted by atomic mass is 10.1. The molecule has 0 spiro atoms. The van der Waals surface area contributed by atoms with Gasteiger partial charge in [-0.3, -0.25) is 9.59 Å². The summed E-state index contributed by atoms with van der Waals surface area (Å²) in [7, 11) is 0. The highest BCUT2D eigenvalue weighted by Crippen LogP contribution is 2.34. The van der Waals surface area contributed by atoms with Gasteiger partial charge in [0.2, 0.25) is 0 Å². The highest BCUT2D eigenvalue weighted by atomic mass is 19.4. The summed E-state index contributed by atoms with van der Waals surface area (Å²) in [4.78, 5) is 38.3. The number of Topliss-reactive ketones (excluding diaryl/α,β-unsaturated/α-hetero) is 1. The van der Waals surface area contributed by atoms with Crippen LogP contribution in [0.4, 0.5) is 18.9 Å². The number of aryl methyl sites for hydroxylation is 1. The molecule has 9 heteroatoms. The first-order valence-electron chi connectivity index (χ1n) is 7.85. The summed E-state index contributed by atoms with van der Waals surface area (Å²) in [5, 5.41) is 2.07. The highest BCUT2D eigenvalue weighted by molar-refractivity contribution is 6.01. The van der Waals surface area contributed by atoms with Crippen LogP contribution in [0.25, 0.3) is 0 Å². The van der Waals surface area contributed by atoms with Crippen LogP contribution in [0.15, 0.2) is 24.3 Å². The Bertz CT molecular complexity index is 900. The molecule has 6 nitrogen and oxygen atoms in total. The van der Waals surface area contributed by atoms with Gasteiger partial charge in [0.25, 0.3) is 5.91 Å². The van der Waals surface area contributed by atoms with Crippen LogP contribution in [-0.4, -0.2) is 29.3 Å². The summed E-state index contributed by atoms with van der Waals surface area (Å²) in [6.45, 7) is 3.74. The predicted octanol–water partition coefficient (Wildman–Crippen LogP) is 3.65. The average molecular weight is 382 g/mol. The molecule has 0 aliphatic carbocycles. The molecule has 1 aromatic carbocycles. The minimum Gasteiger partial charge on any atom is -0.451 e. The maximum Gasteiger partial charge on any atom is 0.418 e. The highest BCUT2D eigenvalue weighted by Gasteiger charge is 2.33. The summed E-state index contributed by atoms with van der Waals surface area (Å²) < 4.78 is 43.6. The molecule has 2 aromatic rings. The summed E-state index contributed by atoms with van der Waals surface area (Å²) >= 11 is 0. The third-order valence-corrected chi connectivity index (χ3v) is 3.83. The standard InChI is InChI=1S/C18H17F3N2O4/c1-9-15(11(3)24)10(2)22-16(9)17(26)27-8-14(25)23-13-7-5-4-6-12(13)18(19,20)21/h4-7,22H,8H2,1-3H3,(H,23,25). The van der Waals surface area contributed by atoms with Gasteiger partial charge in [0.1, 0.15) is 5.69 Å². The number of aromatic nitrogens is 1. The summed E-state index contributed by atoms with van der Waals surface area (Å²) in [6.07, 6.45) is -4.64. The number of hydrogen-bond donors (Lipinski definition) is 2. The van der Waals surface area contributed by atoms with Crippen LogP contribution in [0.5, 0.6) is 0 Å². The number of halogens is 3. The monoisotopic (exact) mass is 382 g/mol. The Balaban J connectivity index is 2.06. The second kappa shape index (κ2) is 7.65. The molecule has 1 aromatic heterocycles. The zero-order chi connectivity index (χ0) is 20.4. The lowest BCUT2D eigenvalue weighted by Crippen LogP contribution is -2.23. The molecule has 27 heavy (non-hydrogen) atoms. The van der Waals surface area contributed by atoms with E-state index in [1.807, 2.05) is 0 Å². The molecule has 0 aliphatic heterocycles. The van der Waals surface area contributed by atoms with Crippen molar-refractivity contribution in [2.75, 3.05) is 11.9 Å². The molecule has 144 valence electrons. The third-order valence-electron chi connectivity index (χ3n) is 3.83. The molecule has 0 saturated carbocycles. The molecular formula is C18H17F3N2O4. The number of para-hydroxylation sites is 1. The van der Waals surface area contributed by atoms with Crippen LogP contribution in [0.3, 0.4) is 0 Å². The van der Waals surface area contributed by atoms with Crippen LogP contribution in [0.1, 0.15) is 44.6 Å². The van der Waals surface area contributed by atoms with Gasteiger partial charge in [-0.2, -0.15) is 13.2 Å². The van der Waals surface area contributed by atoms with E-state index < -0.39 is 35.9 Å². The van der Waals surface area contributed by atoms with Gasteiger partial charge in [-0.1, -0.05) is 12.1 Å². The number of amides is 1. The summed E-state index contributed by atoms with van der Waals surface area (Å²) in [5.74, 6) is -2.04. The van der Waals surface area contributed by atoms with Crippen molar-refractivity contribution in [1.82, 2.24) is 4.98 Å². The molecule has 0 bridgehead atoms. The zero-order valence-electron chi connectivity index (χ0n) is 14.8. The summed E-state index contributed by atoms with van der Waals surface area (Å²) in [6, 6.07) is 4.46. The number of hydrogen-bond acceptors (Lipinski definition) is 4. The Morgan fingerprint density at radius 2 is 1.78 bits per heavy atom. The maximum absolute atomic E-state index is 12.9. The van der Waals surface area contributed by atoms with Gasteiger partial charge in [0, 0.05) is 11.3 Å². The lowest BCUT2D eigenvalue weighted by Gasteiger charge is -2.13. The number of ether oxygens (including phenoxy) is 1. The molecule has 0 radical (unpaired) electrons. The second-order valence-corrected chi connectivity index (χ2v) is 5.85. The van der Waals surface area contributed by atoms with Crippen LogP contribution in [-0.2, 0) is 15.7 Å². The van der Waals surface area contributed by atoms with E-state index >= 15 is 0 Å². The molecule has 1 heterocycles. The average Bonchev–Trinajstić information content (AvgIpc) is 2.87. The zero-order valence-corrected chi connectivity index (χ0v) is 14.8. The predicted molar refractivity (Wildman–Crippen MR) is 90.6 cm³/mol. The van der Waals surface area contributed by atoms with E-state index in [9.17, 15) is 27.6 Å². The first kappa shape index (κ1) is 20.2. The minimum atomic E-state index is -4.64. The van der Waals surface area contributed by atoms with E-state index in [4.69, 9.17) is 4.74 Å². The maximum atomic E-state index is 12.9. The number of benzene rings is 1. The van der Waals surface area contributed by atoms with Crippen LogP contribution in [0.2, 0.25) is 0 Å². The second-order valence-electron chi connectivity index (χ2n) is 5.85. The van der Waals surface area contributed by atoms with Crippen molar-refractivity contribution in [3.05, 3.63) is 52.3 Å². The number of aromatic amines is 1. The van der Waals surface area contributed by atoms with Crippen LogP contribution >= 0.6 is 0 Å². The van der Waals surface area contributed by atoms with E-state index in [1.54, 1.807) is 13.8 Å². The smallest absolute Gasteiger partial charge is 0.418 e. The molecule has 0 atom stereocenters. The summed E-state index contributed by atoms with van der Waals surface area (Å²) in [5.41, 5.74) is -0.210. The number of ketones is 1. The van der Waals surface area contributed by atoms with Crippen molar-refractivity contribution in [2.45, 2.75) is 26.9 Å². The van der Waals surface area contributed by atoms with Crippen molar-refractivity contribution >= 4 is 23.3 Å². The Morgan fingerprint density at radius 3 is 2.33 bits per heavy atom. The van der Waals surface area contributed by atoms with Crippen molar-refractivity contribution in [3.8, 4) is 0 Å². The molecule has 0 aliphatic rings. The molecule has 0 fully saturated rings. The van der Waals surface area contributed by atoms with Gasteiger partial charge < -0.3 is 15.0 Å². The first-order valence-corrected chi connectivity index (χ1v) is 7.85. The Hall–Kier alpha value is -3.10. The van der Waals surface area contributed by atoms with Gasteiger partial charge in [-0.05, 0) is 38.5 Å². The molecule has 0 saturated heterocycles. The number of H-pyrrole nitrogens is 1. The normalized spacial score (nSPS) is 11.2. The fourth-order valence-electron chi connectivity index (χ4n) is 2.71. The molecular weight excluding hydrogens is 365 g/mol. The van der Waals surface area contributed by atoms with E-state index in [-0.39, 0.29) is 11.5 Å². The number of anilines is 1. The fourth-order valence-corrected chi connectivity index (χ4v) is 2.71. The van der Waals surface area contributed by atoms with Crippen molar-refractivity contribution in [3.63, 3.8) is 0 Å². The number of rotatable bonds is 5. The van der Waals surface area contributed by atoms with E-state index in [0.717, 1.165) is 12.1 Å². The lowest BCUT2D eigenvalue weighted by molar-refractivity contribution is -0.137. The topological polar surface area (TPSA) is 88.3 Å². The minimum absolute atomic E-state index is 0.0150. The number of carbonyl (C=O) groups is 3. The number of nitrogens with one attached hydrogen (secondary N) is 2. The van der Waals surface area contributed by atoms with Gasteiger partial charge in [0.15, 0.2) is 12.4 Å². The molecule has 2 rings (SSSR count). The SMILES string of the molecule is CC(=O)c1c(C)[nH]c(C(=O)OCC(=O)Nc2ccccc2C(F)(F)F)c1C. The molecule has 0 unspecified atom stereocenters. The van der Waals surface area contributed by atoms with Gasteiger partial charge in [0.05, 0.1) is 11.3 Å². The number of alkyl halides is 3. The van der Waals surface area contributed by atoms with Crippen LogP contribution < -0.4 is 5.32 Å². The van der Waals surface area contributed by atoms with Gasteiger partial charge >= 0.3 is 12.1 Å². The Morgan fingerprint density at radius 1 is 1.15 bits per heavy atom. The Kier molecular flexibility index (Phi) is 5.72. The van der Waals surface area contributed by atoms with E-state index in [2.05, 4.69) is 10.3 Å². The van der Waals surface area contributed by atoms with Crippen molar-refractivity contribution in [2.24, 2.45) is 0 Å². The van der Waals surface area contributed by atoms with E-state index in [1.165, 1.54) is 19.1 Å². The van der Waals surface area contributed by atoms with Crippen LogP contribution in [0, 0.1) is 13.8 Å². The molecule has 1 amide bonds. The first-order chi connectivity index (χ1) is 12.5. The van der Waals surface area contributed by atoms with Crippen molar-refractivity contribution < 1.29 is 32.3 Å². The molecule has 2 N–H and O–H groups in total. The Labute approximate surface area is 152 Å². The number of esters is 1.